The van der Waals surface area contributed by atoms with E-state index in [1.165, 1.54) is 12.5 Å². The van der Waals surface area contributed by atoms with Crippen LogP contribution in [-0.4, -0.2) is 58.0 Å². The van der Waals surface area contributed by atoms with E-state index in [0.29, 0.717) is 30.2 Å². The number of nitriles is 1. The fourth-order valence-electron chi connectivity index (χ4n) is 5.58. The molecule has 2 aromatic rings. The zero-order chi connectivity index (χ0) is 26.3. The number of ether oxygens (including phenoxy) is 1. The molecule has 3 heterocycles. The Hall–Kier alpha value is -2.80. The van der Waals surface area contributed by atoms with Crippen molar-refractivity contribution in [3.63, 3.8) is 0 Å². The second-order valence-electron chi connectivity index (χ2n) is 12.2. The lowest BCUT2D eigenvalue weighted by Crippen LogP contribution is -2.43. The number of nitrogens with zero attached hydrogens (tertiary/aromatic N) is 6. The van der Waals surface area contributed by atoms with Gasteiger partial charge in [0.15, 0.2) is 0 Å². The molecular weight excluding hydrogens is 470 g/mol. The van der Waals surface area contributed by atoms with Crippen LogP contribution in [0, 0.1) is 23.7 Å². The Morgan fingerprint density at radius 1 is 1.31 bits per heavy atom. The number of amides is 1. The third-order valence-electron chi connectivity index (χ3n) is 7.45. The van der Waals surface area contributed by atoms with Gasteiger partial charge in [0.05, 0.1) is 11.7 Å². The fourth-order valence-corrected chi connectivity index (χ4v) is 6.68. The predicted octanol–water partition coefficient (Wildman–Crippen LogP) is 4.74. The highest BCUT2D eigenvalue weighted by Gasteiger charge is 2.51. The topological polar surface area (TPSA) is 115 Å². The summed E-state index contributed by atoms with van der Waals surface area (Å²) in [5, 5.41) is 19.4. The van der Waals surface area contributed by atoms with E-state index in [9.17, 15) is 10.1 Å². The molecule has 9 nitrogen and oxygen atoms in total. The molecule has 2 fully saturated rings. The van der Waals surface area contributed by atoms with Crippen LogP contribution in [0.2, 0.25) is 19.1 Å². The molecule has 0 unspecified atom stereocenters. The number of aryl methyl sites for hydroxylation is 2. The van der Waals surface area contributed by atoms with Gasteiger partial charge in [-0.25, -0.2) is 9.48 Å². The Morgan fingerprint density at radius 2 is 2.03 bits per heavy atom. The van der Waals surface area contributed by atoms with E-state index >= 15 is 0 Å². The summed E-state index contributed by atoms with van der Waals surface area (Å²) >= 11 is 0. The minimum atomic E-state index is -0.518. The van der Waals surface area contributed by atoms with Crippen molar-refractivity contribution in [3.05, 3.63) is 17.5 Å². The van der Waals surface area contributed by atoms with Gasteiger partial charge >= 0.3 is 6.09 Å². The second kappa shape index (κ2) is 9.92. The maximum Gasteiger partial charge on any atom is 0.410 e. The van der Waals surface area contributed by atoms with Crippen LogP contribution in [0.3, 0.4) is 0 Å². The van der Waals surface area contributed by atoms with Crippen molar-refractivity contribution in [1.29, 1.82) is 5.26 Å². The number of carbonyl (C=O) groups excluding carboxylic acids is 1. The van der Waals surface area contributed by atoms with Crippen LogP contribution < -0.4 is 5.73 Å². The van der Waals surface area contributed by atoms with Gasteiger partial charge in [0, 0.05) is 40.2 Å². The number of rotatable bonds is 7. The van der Waals surface area contributed by atoms with E-state index in [4.69, 9.17) is 15.6 Å². The van der Waals surface area contributed by atoms with Crippen LogP contribution in [0.15, 0.2) is 6.20 Å². The van der Waals surface area contributed by atoms with Gasteiger partial charge in [-0.3, -0.25) is 4.68 Å². The number of unbranched alkanes of at least 4 members (excludes halogenated alkanes) is 1. The average molecular weight is 512 g/mol. The Bertz CT molecular complexity index is 1150. The quantitative estimate of drug-likeness (QED) is 0.424. The minimum absolute atomic E-state index is 0.0760. The summed E-state index contributed by atoms with van der Waals surface area (Å²) in [6.45, 7) is 14.7. The van der Waals surface area contributed by atoms with Gasteiger partial charge in [0.1, 0.15) is 28.7 Å². The van der Waals surface area contributed by atoms with Gasteiger partial charge in [0.25, 0.3) is 0 Å². The Morgan fingerprint density at radius 3 is 2.67 bits per heavy atom. The molecule has 0 aromatic carbocycles. The van der Waals surface area contributed by atoms with E-state index < -0.39 is 14.4 Å². The molecule has 2 aromatic heterocycles. The van der Waals surface area contributed by atoms with Crippen LogP contribution in [0.25, 0.3) is 11.3 Å². The van der Waals surface area contributed by atoms with Gasteiger partial charge in [-0.1, -0.05) is 25.6 Å². The summed E-state index contributed by atoms with van der Waals surface area (Å²) in [7, 11) is -0.518. The fraction of sp³-hybridized carbons (Fsp3) is 0.692. The lowest BCUT2D eigenvalue weighted by atomic mass is 9.65. The molecule has 2 N–H and O–H groups in total. The van der Waals surface area contributed by atoms with E-state index in [1.54, 1.807) is 0 Å². The molecule has 1 aliphatic carbocycles. The monoisotopic (exact) mass is 511 g/mol. The van der Waals surface area contributed by atoms with E-state index in [2.05, 4.69) is 24.3 Å². The molecule has 0 atom stereocenters. The highest BCUT2D eigenvalue weighted by molar-refractivity contribution is 6.55. The maximum atomic E-state index is 12.5. The molecule has 2 aliphatic rings. The van der Waals surface area contributed by atoms with Gasteiger partial charge in [-0.15, -0.1) is 0 Å². The molecule has 0 bridgehead atoms. The van der Waals surface area contributed by atoms with Crippen molar-refractivity contribution in [1.82, 2.24) is 24.5 Å². The third-order valence-corrected chi connectivity index (χ3v) is 9.02. The number of nitrogens with two attached hydrogens (primary N) is 1. The number of hydrogen-bond acceptors (Lipinski definition) is 6. The van der Waals surface area contributed by atoms with Crippen LogP contribution in [0.5, 0.6) is 0 Å². The van der Waals surface area contributed by atoms with Crippen molar-refractivity contribution < 1.29 is 9.53 Å². The number of hydrogen-bond donors (Lipinski definition) is 1. The molecule has 1 saturated carbocycles. The molecule has 36 heavy (non-hydrogen) atoms. The lowest BCUT2D eigenvalue weighted by molar-refractivity contribution is 0.0188. The summed E-state index contributed by atoms with van der Waals surface area (Å²) < 4.78 is 9.37. The first-order valence-corrected chi connectivity index (χ1v) is 16.3. The first-order valence-electron chi connectivity index (χ1n) is 13.2. The predicted molar refractivity (Wildman–Crippen MR) is 143 cm³/mol. The van der Waals surface area contributed by atoms with Crippen molar-refractivity contribution >= 4 is 20.7 Å². The number of nitrogen functional groups attached to an aromatic ring is 1. The van der Waals surface area contributed by atoms with E-state index in [1.807, 2.05) is 48.2 Å². The first kappa shape index (κ1) is 26.3. The molecule has 10 heteroatoms. The van der Waals surface area contributed by atoms with Crippen LogP contribution in [0.1, 0.15) is 70.2 Å². The summed E-state index contributed by atoms with van der Waals surface area (Å²) in [6.07, 6.45) is 6.84. The van der Waals surface area contributed by atoms with Crippen molar-refractivity contribution in [2.24, 2.45) is 5.41 Å². The third kappa shape index (κ3) is 5.46. The van der Waals surface area contributed by atoms with Gasteiger partial charge < -0.3 is 15.4 Å². The molecular formula is C26H41N7O2Si. The smallest absolute Gasteiger partial charge is 0.410 e. The Kier molecular flexibility index (Phi) is 7.24. The van der Waals surface area contributed by atoms with Crippen molar-refractivity contribution in [2.45, 2.75) is 97.1 Å². The van der Waals surface area contributed by atoms with Crippen LogP contribution >= 0.6 is 0 Å². The summed E-state index contributed by atoms with van der Waals surface area (Å²) in [6, 6.07) is 3.76. The number of anilines is 1. The van der Waals surface area contributed by atoms with Crippen molar-refractivity contribution in [3.8, 4) is 17.3 Å². The van der Waals surface area contributed by atoms with Gasteiger partial charge in [0.2, 0.25) is 0 Å². The largest absolute Gasteiger partial charge is 0.444 e. The molecule has 1 spiro atoms. The minimum Gasteiger partial charge on any atom is -0.444 e. The zero-order valence-corrected chi connectivity index (χ0v) is 23.8. The molecule has 0 radical (unpaired) electrons. The number of carbonyl (C=O) groups is 1. The Labute approximate surface area is 216 Å². The van der Waals surface area contributed by atoms with Crippen LogP contribution in [0.4, 0.5) is 10.6 Å². The highest BCUT2D eigenvalue weighted by atomic mass is 28.3. The number of likely N-dealkylation sites (tertiary alicyclic amines) is 1. The standard InChI is InChI=1S/C26H41N7O2Si/c1-18-21(16-32(29-18)10-7-8-12-36(5)6)22-20(15-27)23(28)33(30-22)19-13-26(14-19)9-11-31(17-26)24(34)35-25(2,3)4/h16,19,36H,7-14,17,28H2,1-6H3. The molecule has 1 amide bonds. The Balaban J connectivity index is 1.44. The summed E-state index contributed by atoms with van der Waals surface area (Å²) in [4.78, 5) is 14.3. The highest BCUT2D eigenvalue weighted by Crippen LogP contribution is 2.55. The maximum absolute atomic E-state index is 12.5. The van der Waals surface area contributed by atoms with Gasteiger partial charge in [-0.2, -0.15) is 15.5 Å². The van der Waals surface area contributed by atoms with Crippen molar-refractivity contribution in [2.75, 3.05) is 18.8 Å². The molecule has 1 aliphatic heterocycles. The molecule has 1 saturated heterocycles. The zero-order valence-electron chi connectivity index (χ0n) is 22.7. The first-order chi connectivity index (χ1) is 16.9. The SMILES string of the molecule is Cc1nn(CCCC[SiH](C)C)cc1-c1nn(C2CC3(CCN(C(=O)OC(C)(C)C)C3)C2)c(N)c1C#N. The van der Waals surface area contributed by atoms with E-state index in [0.717, 1.165) is 43.5 Å². The van der Waals surface area contributed by atoms with Crippen LogP contribution in [-0.2, 0) is 11.3 Å². The molecule has 4 rings (SSSR count). The summed E-state index contributed by atoms with van der Waals surface area (Å²) in [5.41, 5.74) is 8.81. The average Bonchev–Trinajstić information content (AvgIpc) is 3.44. The van der Waals surface area contributed by atoms with Gasteiger partial charge in [-0.05, 0) is 58.8 Å². The summed E-state index contributed by atoms with van der Waals surface area (Å²) in [5.74, 6) is 0.420. The number of aromatic nitrogens is 4. The molecule has 196 valence electrons. The second-order valence-corrected chi connectivity index (χ2v) is 15.5. The normalized spacial score (nSPS) is 21.7. The lowest BCUT2D eigenvalue weighted by Gasteiger charge is -2.45. The van der Waals surface area contributed by atoms with E-state index in [-0.39, 0.29) is 17.6 Å².